The highest BCUT2D eigenvalue weighted by atomic mass is 15.3. The van der Waals surface area contributed by atoms with Crippen molar-refractivity contribution in [1.82, 2.24) is 20.1 Å². The number of likely N-dealkylation sites (N-methyl/N-ethyl adjacent to an activating group) is 1. The number of nitrogens with zero attached hydrogens (tertiary/aromatic N) is 3. The van der Waals surface area contributed by atoms with Crippen LogP contribution in [-0.2, 0) is 6.42 Å². The molecule has 1 aromatic rings. The number of rotatable bonds is 9. The van der Waals surface area contributed by atoms with Gasteiger partial charge in [-0.1, -0.05) is 26.7 Å². The van der Waals surface area contributed by atoms with Gasteiger partial charge in [0.1, 0.15) is 12.2 Å². The van der Waals surface area contributed by atoms with Gasteiger partial charge in [-0.25, -0.2) is 9.67 Å². The van der Waals surface area contributed by atoms with E-state index in [-0.39, 0.29) is 0 Å². The lowest BCUT2D eigenvalue weighted by Crippen LogP contribution is -2.36. The van der Waals surface area contributed by atoms with Gasteiger partial charge in [0, 0.05) is 18.5 Å². The van der Waals surface area contributed by atoms with Crippen LogP contribution in [0.25, 0.3) is 0 Å². The van der Waals surface area contributed by atoms with Crippen LogP contribution in [0.2, 0.25) is 0 Å². The molecule has 1 N–H and O–H groups in total. The Labute approximate surface area is 118 Å². The fourth-order valence-corrected chi connectivity index (χ4v) is 2.84. The van der Waals surface area contributed by atoms with Crippen molar-refractivity contribution >= 4 is 0 Å². The van der Waals surface area contributed by atoms with E-state index >= 15 is 0 Å². The normalized spacial score (nSPS) is 13.4. The Bertz CT molecular complexity index is 340. The smallest absolute Gasteiger partial charge is 0.138 e. The highest BCUT2D eigenvalue weighted by molar-refractivity contribution is 4.93. The molecule has 0 fully saturated rings. The standard InChI is InChI=1S/C15H30N4/c1-6-8-13(9-7-2)14(16-5)10-15-17-11-18-19(15)12(3)4/h11-14,16H,6-10H2,1-5H3. The third kappa shape index (κ3) is 4.60. The molecule has 110 valence electrons. The molecular weight excluding hydrogens is 236 g/mol. The molecule has 0 radical (unpaired) electrons. The second-order valence-electron chi connectivity index (χ2n) is 5.65. The van der Waals surface area contributed by atoms with Crippen LogP contribution >= 0.6 is 0 Å². The van der Waals surface area contributed by atoms with E-state index in [9.17, 15) is 0 Å². The molecule has 0 aliphatic heterocycles. The Morgan fingerprint density at radius 3 is 2.32 bits per heavy atom. The first-order chi connectivity index (χ1) is 9.13. The summed E-state index contributed by atoms with van der Waals surface area (Å²) in [6, 6.07) is 0.882. The van der Waals surface area contributed by atoms with E-state index in [4.69, 9.17) is 0 Å². The van der Waals surface area contributed by atoms with Crippen LogP contribution < -0.4 is 5.32 Å². The van der Waals surface area contributed by atoms with Crippen molar-refractivity contribution in [3.63, 3.8) is 0 Å². The van der Waals surface area contributed by atoms with E-state index in [0.717, 1.165) is 18.2 Å². The molecule has 0 bridgehead atoms. The molecule has 4 heteroatoms. The molecule has 0 aromatic carbocycles. The topological polar surface area (TPSA) is 42.7 Å². The average Bonchev–Trinajstić information content (AvgIpc) is 2.84. The Hall–Kier alpha value is -0.900. The molecule has 0 saturated heterocycles. The summed E-state index contributed by atoms with van der Waals surface area (Å²) in [5.41, 5.74) is 0. The lowest BCUT2D eigenvalue weighted by atomic mass is 9.88. The maximum atomic E-state index is 4.44. The van der Waals surface area contributed by atoms with E-state index in [1.165, 1.54) is 25.7 Å². The predicted molar refractivity (Wildman–Crippen MR) is 80.3 cm³/mol. The van der Waals surface area contributed by atoms with Crippen molar-refractivity contribution in [2.75, 3.05) is 7.05 Å². The van der Waals surface area contributed by atoms with Crippen LogP contribution in [0, 0.1) is 5.92 Å². The first-order valence-corrected chi connectivity index (χ1v) is 7.69. The van der Waals surface area contributed by atoms with Crippen molar-refractivity contribution < 1.29 is 0 Å². The van der Waals surface area contributed by atoms with Crippen LogP contribution in [0.5, 0.6) is 0 Å². The number of hydrogen-bond acceptors (Lipinski definition) is 3. The average molecular weight is 266 g/mol. The molecule has 1 rings (SSSR count). The van der Waals surface area contributed by atoms with E-state index in [1.54, 1.807) is 6.33 Å². The minimum Gasteiger partial charge on any atom is -0.316 e. The van der Waals surface area contributed by atoms with Crippen LogP contribution in [-0.4, -0.2) is 27.9 Å². The van der Waals surface area contributed by atoms with Gasteiger partial charge in [-0.15, -0.1) is 0 Å². The summed E-state index contributed by atoms with van der Waals surface area (Å²) in [4.78, 5) is 4.44. The molecular formula is C15H30N4. The third-order valence-electron chi connectivity index (χ3n) is 3.80. The summed E-state index contributed by atoms with van der Waals surface area (Å²) in [6.07, 6.45) is 7.72. The van der Waals surface area contributed by atoms with Gasteiger partial charge in [-0.05, 0) is 39.7 Å². The summed E-state index contributed by atoms with van der Waals surface area (Å²) < 4.78 is 2.04. The molecule has 0 amide bonds. The van der Waals surface area contributed by atoms with Crippen LogP contribution in [0.4, 0.5) is 0 Å². The molecule has 0 saturated carbocycles. The molecule has 1 unspecified atom stereocenters. The summed E-state index contributed by atoms with van der Waals surface area (Å²) in [5, 5.41) is 7.83. The Balaban J connectivity index is 2.76. The van der Waals surface area contributed by atoms with Crippen molar-refractivity contribution in [1.29, 1.82) is 0 Å². The predicted octanol–water partition coefficient (Wildman–Crippen LogP) is 3.21. The second kappa shape index (κ2) is 8.31. The molecule has 1 aromatic heterocycles. The summed E-state index contributed by atoms with van der Waals surface area (Å²) in [7, 11) is 2.07. The maximum absolute atomic E-state index is 4.44. The summed E-state index contributed by atoms with van der Waals surface area (Å²) in [6.45, 7) is 8.85. The molecule has 1 heterocycles. The zero-order valence-corrected chi connectivity index (χ0v) is 13.2. The molecule has 0 spiro atoms. The molecule has 19 heavy (non-hydrogen) atoms. The first-order valence-electron chi connectivity index (χ1n) is 7.69. The van der Waals surface area contributed by atoms with Gasteiger partial charge in [-0.3, -0.25) is 0 Å². The quantitative estimate of drug-likeness (QED) is 0.746. The highest BCUT2D eigenvalue weighted by Crippen LogP contribution is 2.21. The minimum atomic E-state index is 0.380. The highest BCUT2D eigenvalue weighted by Gasteiger charge is 2.21. The molecule has 1 atom stereocenters. The fourth-order valence-electron chi connectivity index (χ4n) is 2.84. The Morgan fingerprint density at radius 1 is 1.21 bits per heavy atom. The largest absolute Gasteiger partial charge is 0.316 e. The van der Waals surface area contributed by atoms with E-state index in [1.807, 2.05) is 4.68 Å². The van der Waals surface area contributed by atoms with Gasteiger partial charge >= 0.3 is 0 Å². The van der Waals surface area contributed by atoms with Gasteiger partial charge in [-0.2, -0.15) is 5.10 Å². The van der Waals surface area contributed by atoms with E-state index in [0.29, 0.717) is 12.1 Å². The first kappa shape index (κ1) is 16.2. The van der Waals surface area contributed by atoms with Gasteiger partial charge < -0.3 is 5.32 Å². The monoisotopic (exact) mass is 266 g/mol. The van der Waals surface area contributed by atoms with Gasteiger partial charge in [0.15, 0.2) is 0 Å². The molecule has 0 aliphatic carbocycles. The van der Waals surface area contributed by atoms with Gasteiger partial charge in [0.05, 0.1) is 0 Å². The third-order valence-corrected chi connectivity index (χ3v) is 3.80. The number of hydrogen-bond donors (Lipinski definition) is 1. The fraction of sp³-hybridized carbons (Fsp3) is 0.867. The van der Waals surface area contributed by atoms with Crippen molar-refractivity contribution in [2.24, 2.45) is 5.92 Å². The molecule has 4 nitrogen and oxygen atoms in total. The minimum absolute atomic E-state index is 0.380. The van der Waals surface area contributed by atoms with Gasteiger partial charge in [0.25, 0.3) is 0 Å². The van der Waals surface area contributed by atoms with Crippen LogP contribution in [0.3, 0.4) is 0 Å². The summed E-state index contributed by atoms with van der Waals surface area (Å²) >= 11 is 0. The van der Waals surface area contributed by atoms with Gasteiger partial charge in [0.2, 0.25) is 0 Å². The van der Waals surface area contributed by atoms with E-state index < -0.39 is 0 Å². The van der Waals surface area contributed by atoms with E-state index in [2.05, 4.69) is 50.1 Å². The lowest BCUT2D eigenvalue weighted by Gasteiger charge is -2.26. The summed E-state index contributed by atoms with van der Waals surface area (Å²) in [5.74, 6) is 1.84. The van der Waals surface area contributed by atoms with Crippen LogP contribution in [0.15, 0.2) is 6.33 Å². The zero-order chi connectivity index (χ0) is 14.3. The Morgan fingerprint density at radius 2 is 1.84 bits per heavy atom. The van der Waals surface area contributed by atoms with Crippen LogP contribution in [0.1, 0.15) is 65.2 Å². The van der Waals surface area contributed by atoms with Crippen molar-refractivity contribution in [2.45, 2.75) is 71.9 Å². The molecule has 0 aliphatic rings. The zero-order valence-electron chi connectivity index (χ0n) is 13.2. The Kier molecular flexibility index (Phi) is 7.06. The lowest BCUT2D eigenvalue weighted by molar-refractivity contribution is 0.313. The number of aromatic nitrogens is 3. The van der Waals surface area contributed by atoms with Crippen molar-refractivity contribution in [3.05, 3.63) is 12.2 Å². The maximum Gasteiger partial charge on any atom is 0.138 e. The number of nitrogens with one attached hydrogen (secondary N) is 1. The second-order valence-corrected chi connectivity index (χ2v) is 5.65. The SMILES string of the molecule is CCCC(CCC)C(Cc1ncnn1C(C)C)NC. The van der Waals surface area contributed by atoms with Crippen molar-refractivity contribution in [3.8, 4) is 0 Å².